The van der Waals surface area contributed by atoms with Crippen molar-refractivity contribution in [1.29, 1.82) is 0 Å². The van der Waals surface area contributed by atoms with Crippen LogP contribution in [0.15, 0.2) is 0 Å². The molecule has 1 aliphatic heterocycles. The van der Waals surface area contributed by atoms with Gasteiger partial charge in [-0.15, -0.1) is 0 Å². The van der Waals surface area contributed by atoms with E-state index in [1.807, 2.05) is 0 Å². The molecule has 0 bridgehead atoms. The van der Waals surface area contributed by atoms with E-state index in [0.717, 1.165) is 0 Å². The van der Waals surface area contributed by atoms with Crippen molar-refractivity contribution in [2.24, 2.45) is 0 Å². The number of rotatable bonds is 1. The van der Waals surface area contributed by atoms with Gasteiger partial charge in [-0.1, -0.05) is 0 Å². The van der Waals surface area contributed by atoms with Gasteiger partial charge in [-0.2, -0.15) is 13.2 Å². The van der Waals surface area contributed by atoms with Gasteiger partial charge in [-0.3, -0.25) is 0 Å². The Bertz CT molecular complexity index is 131. The smallest absolute Gasteiger partial charge is 0.391 e. The van der Waals surface area contributed by atoms with E-state index in [0.29, 0.717) is 0 Å². The van der Waals surface area contributed by atoms with Crippen LogP contribution in [0.5, 0.6) is 0 Å². The van der Waals surface area contributed by atoms with E-state index in [9.17, 15) is 13.2 Å². The van der Waals surface area contributed by atoms with Gasteiger partial charge in [0.2, 0.25) is 0 Å². The highest BCUT2D eigenvalue weighted by Gasteiger charge is 2.59. The molecule has 1 heterocycles. The van der Waals surface area contributed by atoms with Crippen molar-refractivity contribution in [1.82, 2.24) is 0 Å². The molecule has 10 heavy (non-hydrogen) atoms. The lowest BCUT2D eigenvalue weighted by Gasteiger charge is -2.01. The van der Waals surface area contributed by atoms with E-state index in [1.54, 1.807) is 0 Å². The number of alkyl halides is 3. The van der Waals surface area contributed by atoms with Crippen LogP contribution in [0.3, 0.4) is 0 Å². The molecule has 1 aliphatic rings. The molecule has 5 heteroatoms. The lowest BCUT2D eigenvalue weighted by atomic mass is 10.2. The van der Waals surface area contributed by atoms with Crippen LogP contribution >= 0.6 is 0 Å². The average Bonchev–Trinajstić information content (AvgIpc) is 2.35. The Labute approximate surface area is 55.6 Å². The SMILES string of the molecule is C[C@@H](O)[C@H]1O[C@@H]1C(F)(F)F. The maximum absolute atomic E-state index is 11.6. The predicted molar refractivity (Wildman–Crippen MR) is 26.4 cm³/mol. The standard InChI is InChI=1S/C5H7F3O2/c1-2(9)3-4(10-3)5(6,7)8/h2-4,9H,1H3/t2-,3-,4+/m1/s1. The molecule has 0 unspecified atom stereocenters. The number of aliphatic hydroxyl groups is 1. The molecule has 0 aromatic rings. The maximum Gasteiger partial charge on any atom is 0.417 e. The normalized spacial score (nSPS) is 35.7. The number of hydrogen-bond acceptors (Lipinski definition) is 2. The summed E-state index contributed by atoms with van der Waals surface area (Å²) in [6.45, 7) is 1.27. The maximum atomic E-state index is 11.6. The van der Waals surface area contributed by atoms with Crippen LogP contribution in [0, 0.1) is 0 Å². The summed E-state index contributed by atoms with van der Waals surface area (Å²) in [6, 6.07) is 0. The molecule has 0 aromatic carbocycles. The number of ether oxygens (including phenoxy) is 1. The molecule has 2 nitrogen and oxygen atoms in total. The highest BCUT2D eigenvalue weighted by molar-refractivity contribution is 4.93. The summed E-state index contributed by atoms with van der Waals surface area (Å²) in [6.07, 6.45) is -8.14. The average molecular weight is 156 g/mol. The lowest BCUT2D eigenvalue weighted by molar-refractivity contribution is -0.146. The van der Waals surface area contributed by atoms with E-state index in [-0.39, 0.29) is 0 Å². The molecule has 0 spiro atoms. The Morgan fingerprint density at radius 1 is 1.50 bits per heavy atom. The predicted octanol–water partition coefficient (Wildman–Crippen LogP) is 0.697. The molecule has 0 radical (unpaired) electrons. The number of halogens is 3. The number of aliphatic hydroxyl groups excluding tert-OH is 1. The van der Waals surface area contributed by atoms with Crippen molar-refractivity contribution in [3.05, 3.63) is 0 Å². The zero-order chi connectivity index (χ0) is 7.94. The van der Waals surface area contributed by atoms with Gasteiger partial charge in [0.05, 0.1) is 6.10 Å². The van der Waals surface area contributed by atoms with Gasteiger partial charge in [0.1, 0.15) is 6.10 Å². The second-order valence-corrected chi connectivity index (χ2v) is 2.30. The van der Waals surface area contributed by atoms with Gasteiger partial charge in [-0.25, -0.2) is 0 Å². The minimum absolute atomic E-state index is 1.04. The molecule has 3 atom stereocenters. The largest absolute Gasteiger partial charge is 0.417 e. The fraction of sp³-hybridized carbons (Fsp3) is 1.00. The number of epoxide rings is 1. The third-order valence-corrected chi connectivity index (χ3v) is 1.32. The summed E-state index contributed by atoms with van der Waals surface area (Å²) in [4.78, 5) is 0. The topological polar surface area (TPSA) is 32.8 Å². The van der Waals surface area contributed by atoms with Crippen molar-refractivity contribution in [2.75, 3.05) is 0 Å². The highest BCUT2D eigenvalue weighted by Crippen LogP contribution is 2.39. The fourth-order valence-electron chi connectivity index (χ4n) is 0.754. The van der Waals surface area contributed by atoms with E-state index in [2.05, 4.69) is 4.74 Å². The van der Waals surface area contributed by atoms with Gasteiger partial charge < -0.3 is 9.84 Å². The van der Waals surface area contributed by atoms with Gasteiger partial charge in [0, 0.05) is 0 Å². The molecule has 1 saturated heterocycles. The zero-order valence-corrected chi connectivity index (χ0v) is 5.22. The molecular weight excluding hydrogens is 149 g/mol. The summed E-state index contributed by atoms with van der Waals surface area (Å²) in [5, 5.41) is 8.60. The Kier molecular flexibility index (Phi) is 1.64. The van der Waals surface area contributed by atoms with Crippen molar-refractivity contribution in [3.8, 4) is 0 Å². The zero-order valence-electron chi connectivity index (χ0n) is 5.22. The van der Waals surface area contributed by atoms with E-state index < -0.39 is 24.5 Å². The van der Waals surface area contributed by atoms with Gasteiger partial charge in [0.15, 0.2) is 6.10 Å². The Hall–Kier alpha value is -0.290. The summed E-state index contributed by atoms with van der Waals surface area (Å²) in [5.41, 5.74) is 0. The molecule has 0 aromatic heterocycles. The first-order valence-electron chi connectivity index (χ1n) is 2.83. The molecule has 1 N–H and O–H groups in total. The van der Waals surface area contributed by atoms with Crippen LogP contribution in [0.1, 0.15) is 6.92 Å². The number of hydrogen-bond donors (Lipinski definition) is 1. The van der Waals surface area contributed by atoms with Crippen molar-refractivity contribution in [3.63, 3.8) is 0 Å². The first kappa shape index (κ1) is 7.81. The monoisotopic (exact) mass is 156 g/mol. The molecular formula is C5H7F3O2. The van der Waals surface area contributed by atoms with E-state index in [1.165, 1.54) is 6.92 Å². The van der Waals surface area contributed by atoms with E-state index in [4.69, 9.17) is 5.11 Å². The second-order valence-electron chi connectivity index (χ2n) is 2.30. The highest BCUT2D eigenvalue weighted by atomic mass is 19.4. The minimum Gasteiger partial charge on any atom is -0.391 e. The summed E-state index contributed by atoms with van der Waals surface area (Å²) < 4.78 is 39.0. The Balaban J connectivity index is 2.39. The first-order chi connectivity index (χ1) is 4.43. The van der Waals surface area contributed by atoms with Crippen molar-refractivity contribution in [2.45, 2.75) is 31.4 Å². The molecule has 0 aliphatic carbocycles. The third kappa shape index (κ3) is 1.41. The molecule has 0 saturated carbocycles. The summed E-state index contributed by atoms with van der Waals surface area (Å²) in [7, 11) is 0. The molecule has 0 amide bonds. The fourth-order valence-corrected chi connectivity index (χ4v) is 0.754. The van der Waals surface area contributed by atoms with Gasteiger partial charge >= 0.3 is 6.18 Å². The van der Waals surface area contributed by atoms with Crippen LogP contribution < -0.4 is 0 Å². The lowest BCUT2D eigenvalue weighted by Crippen LogP contribution is -2.23. The Morgan fingerprint density at radius 3 is 2.10 bits per heavy atom. The molecule has 1 rings (SSSR count). The second kappa shape index (κ2) is 2.10. The third-order valence-electron chi connectivity index (χ3n) is 1.32. The minimum atomic E-state index is -4.32. The van der Waals surface area contributed by atoms with Crippen molar-refractivity contribution < 1.29 is 23.0 Å². The van der Waals surface area contributed by atoms with E-state index >= 15 is 0 Å². The Morgan fingerprint density at radius 2 is 2.00 bits per heavy atom. The summed E-state index contributed by atoms with van der Waals surface area (Å²) >= 11 is 0. The van der Waals surface area contributed by atoms with Crippen molar-refractivity contribution >= 4 is 0 Å². The summed E-state index contributed by atoms with van der Waals surface area (Å²) in [5.74, 6) is 0. The quantitative estimate of drug-likeness (QED) is 0.567. The van der Waals surface area contributed by atoms with Gasteiger partial charge in [0.25, 0.3) is 0 Å². The van der Waals surface area contributed by atoms with Crippen LogP contribution in [0.4, 0.5) is 13.2 Å². The van der Waals surface area contributed by atoms with Crippen LogP contribution in [0.25, 0.3) is 0 Å². The van der Waals surface area contributed by atoms with Crippen LogP contribution in [-0.4, -0.2) is 29.6 Å². The van der Waals surface area contributed by atoms with Crippen LogP contribution in [-0.2, 0) is 4.74 Å². The molecule has 1 fully saturated rings. The van der Waals surface area contributed by atoms with Gasteiger partial charge in [-0.05, 0) is 6.92 Å². The molecule has 60 valence electrons. The van der Waals surface area contributed by atoms with Crippen LogP contribution in [0.2, 0.25) is 0 Å². The first-order valence-corrected chi connectivity index (χ1v) is 2.83.